The van der Waals surface area contributed by atoms with E-state index in [2.05, 4.69) is 4.72 Å². The van der Waals surface area contributed by atoms with Gasteiger partial charge in [0, 0.05) is 13.2 Å². The minimum atomic E-state index is -3.48. The Morgan fingerprint density at radius 3 is 2.30 bits per heavy atom. The third-order valence-corrected chi connectivity index (χ3v) is 5.79. The summed E-state index contributed by atoms with van der Waals surface area (Å²) >= 11 is 0. The summed E-state index contributed by atoms with van der Waals surface area (Å²) in [4.78, 5) is 0.424. The molecule has 20 heavy (non-hydrogen) atoms. The number of benzene rings is 1. The molecular weight excluding hydrogens is 274 g/mol. The Morgan fingerprint density at radius 1 is 1.20 bits per heavy atom. The standard InChI is InChI=1S/C15H23NO3S/c1-10-8-11(2)13(4)15(12(10)3)20(17,18)16-9-14-6-5-7-19-14/h8,14,16H,5-7,9H2,1-4H3. The smallest absolute Gasteiger partial charge is 0.241 e. The van der Waals surface area contributed by atoms with E-state index in [0.717, 1.165) is 41.7 Å². The van der Waals surface area contributed by atoms with Crippen molar-refractivity contribution in [1.82, 2.24) is 4.72 Å². The van der Waals surface area contributed by atoms with Crippen molar-refractivity contribution < 1.29 is 13.2 Å². The van der Waals surface area contributed by atoms with E-state index in [9.17, 15) is 8.42 Å². The average Bonchev–Trinajstić information content (AvgIpc) is 2.87. The molecule has 1 saturated heterocycles. The average molecular weight is 297 g/mol. The molecular formula is C15H23NO3S. The van der Waals surface area contributed by atoms with E-state index in [1.54, 1.807) is 0 Å². The summed E-state index contributed by atoms with van der Waals surface area (Å²) in [6, 6.07) is 2.03. The highest BCUT2D eigenvalue weighted by Crippen LogP contribution is 2.26. The summed E-state index contributed by atoms with van der Waals surface area (Å²) in [6.07, 6.45) is 1.94. The van der Waals surface area contributed by atoms with Crippen LogP contribution in [0.25, 0.3) is 0 Å². The molecule has 0 aliphatic carbocycles. The van der Waals surface area contributed by atoms with Gasteiger partial charge in [-0.2, -0.15) is 0 Å². The SMILES string of the molecule is Cc1cc(C)c(C)c(S(=O)(=O)NCC2CCCO2)c1C. The molecule has 1 N–H and O–H groups in total. The van der Waals surface area contributed by atoms with Crippen molar-refractivity contribution in [2.45, 2.75) is 51.5 Å². The Labute approximate surface area is 121 Å². The zero-order valence-corrected chi connectivity index (χ0v) is 13.4. The Balaban J connectivity index is 2.29. The summed E-state index contributed by atoms with van der Waals surface area (Å²) in [5.74, 6) is 0. The number of ether oxygens (including phenoxy) is 1. The second kappa shape index (κ2) is 5.84. The quantitative estimate of drug-likeness (QED) is 0.928. The molecule has 4 nitrogen and oxygen atoms in total. The molecule has 0 saturated carbocycles. The van der Waals surface area contributed by atoms with Gasteiger partial charge in [-0.15, -0.1) is 0 Å². The molecule has 0 aromatic heterocycles. The maximum atomic E-state index is 12.6. The van der Waals surface area contributed by atoms with Crippen LogP contribution in [0.4, 0.5) is 0 Å². The van der Waals surface area contributed by atoms with Crippen LogP contribution in [0, 0.1) is 27.7 Å². The van der Waals surface area contributed by atoms with Gasteiger partial charge in [0.15, 0.2) is 0 Å². The highest BCUT2D eigenvalue weighted by molar-refractivity contribution is 7.89. The highest BCUT2D eigenvalue weighted by Gasteiger charge is 2.24. The minimum Gasteiger partial charge on any atom is -0.377 e. The first-order chi connectivity index (χ1) is 9.33. The number of hydrogen-bond donors (Lipinski definition) is 1. The topological polar surface area (TPSA) is 55.4 Å². The number of rotatable bonds is 4. The second-order valence-corrected chi connectivity index (χ2v) is 7.28. The van der Waals surface area contributed by atoms with E-state index >= 15 is 0 Å². The minimum absolute atomic E-state index is 0.0105. The molecule has 1 aromatic carbocycles. The first-order valence-corrected chi connectivity index (χ1v) is 8.50. The number of aryl methyl sites for hydroxylation is 2. The van der Waals surface area contributed by atoms with Gasteiger partial charge in [-0.05, 0) is 62.8 Å². The number of sulfonamides is 1. The summed E-state index contributed by atoms with van der Waals surface area (Å²) in [5.41, 5.74) is 3.66. The van der Waals surface area contributed by atoms with Crippen LogP contribution in [0.3, 0.4) is 0 Å². The van der Waals surface area contributed by atoms with E-state index in [1.807, 2.05) is 33.8 Å². The van der Waals surface area contributed by atoms with Crippen LogP contribution in [-0.4, -0.2) is 27.7 Å². The molecule has 1 fully saturated rings. The fourth-order valence-electron chi connectivity index (χ4n) is 2.66. The third kappa shape index (κ3) is 3.05. The van der Waals surface area contributed by atoms with Crippen LogP contribution in [0.1, 0.15) is 35.1 Å². The molecule has 1 aliphatic rings. The van der Waals surface area contributed by atoms with Gasteiger partial charge in [0.1, 0.15) is 0 Å². The van der Waals surface area contributed by atoms with Crippen molar-refractivity contribution in [2.24, 2.45) is 0 Å². The molecule has 0 radical (unpaired) electrons. The normalized spacial score (nSPS) is 19.5. The van der Waals surface area contributed by atoms with E-state index in [-0.39, 0.29) is 6.10 Å². The van der Waals surface area contributed by atoms with Crippen LogP contribution in [0.5, 0.6) is 0 Å². The van der Waals surface area contributed by atoms with Crippen molar-refractivity contribution in [3.05, 3.63) is 28.3 Å². The molecule has 1 heterocycles. The molecule has 5 heteroatoms. The van der Waals surface area contributed by atoms with Gasteiger partial charge in [0.25, 0.3) is 0 Å². The Hall–Kier alpha value is -0.910. The Bertz CT molecular complexity index is 576. The van der Waals surface area contributed by atoms with Crippen molar-refractivity contribution >= 4 is 10.0 Å². The van der Waals surface area contributed by atoms with E-state index in [0.29, 0.717) is 11.4 Å². The van der Waals surface area contributed by atoms with Crippen LogP contribution < -0.4 is 4.72 Å². The summed E-state index contributed by atoms with van der Waals surface area (Å²) in [5, 5.41) is 0. The molecule has 1 unspecified atom stereocenters. The molecule has 1 atom stereocenters. The molecule has 0 amide bonds. The van der Waals surface area contributed by atoms with E-state index < -0.39 is 10.0 Å². The maximum absolute atomic E-state index is 12.6. The lowest BCUT2D eigenvalue weighted by atomic mass is 10.0. The lowest BCUT2D eigenvalue weighted by molar-refractivity contribution is 0.114. The van der Waals surface area contributed by atoms with Crippen LogP contribution >= 0.6 is 0 Å². The highest BCUT2D eigenvalue weighted by atomic mass is 32.2. The zero-order valence-electron chi connectivity index (χ0n) is 12.6. The van der Waals surface area contributed by atoms with Gasteiger partial charge in [-0.1, -0.05) is 6.07 Å². The van der Waals surface area contributed by atoms with Gasteiger partial charge in [0.05, 0.1) is 11.0 Å². The molecule has 0 spiro atoms. The Morgan fingerprint density at radius 2 is 1.80 bits per heavy atom. The molecule has 2 rings (SSSR count). The molecule has 112 valence electrons. The lowest BCUT2D eigenvalue weighted by Gasteiger charge is -2.17. The van der Waals surface area contributed by atoms with E-state index in [4.69, 9.17) is 4.74 Å². The van der Waals surface area contributed by atoms with Gasteiger partial charge >= 0.3 is 0 Å². The van der Waals surface area contributed by atoms with Gasteiger partial charge in [-0.25, -0.2) is 13.1 Å². The van der Waals surface area contributed by atoms with E-state index in [1.165, 1.54) is 0 Å². The Kier molecular flexibility index (Phi) is 4.52. The zero-order chi connectivity index (χ0) is 14.9. The fourth-order valence-corrected chi connectivity index (χ4v) is 4.34. The number of nitrogens with one attached hydrogen (secondary N) is 1. The maximum Gasteiger partial charge on any atom is 0.241 e. The molecule has 1 aromatic rings. The van der Waals surface area contributed by atoms with Crippen LogP contribution in [0.2, 0.25) is 0 Å². The third-order valence-electron chi connectivity index (χ3n) is 4.09. The number of hydrogen-bond acceptors (Lipinski definition) is 3. The first kappa shape index (κ1) is 15.5. The fraction of sp³-hybridized carbons (Fsp3) is 0.600. The largest absolute Gasteiger partial charge is 0.377 e. The van der Waals surface area contributed by atoms with Crippen molar-refractivity contribution in [1.29, 1.82) is 0 Å². The summed E-state index contributed by atoms with van der Waals surface area (Å²) < 4.78 is 33.3. The molecule has 1 aliphatic heterocycles. The van der Waals surface area contributed by atoms with Crippen LogP contribution in [0.15, 0.2) is 11.0 Å². The second-order valence-electron chi connectivity index (χ2n) is 5.58. The molecule has 0 bridgehead atoms. The van der Waals surface area contributed by atoms with Crippen molar-refractivity contribution in [3.8, 4) is 0 Å². The van der Waals surface area contributed by atoms with Crippen molar-refractivity contribution in [2.75, 3.05) is 13.2 Å². The monoisotopic (exact) mass is 297 g/mol. The summed E-state index contributed by atoms with van der Waals surface area (Å²) in [6.45, 7) is 8.70. The van der Waals surface area contributed by atoms with Crippen LogP contribution in [-0.2, 0) is 14.8 Å². The van der Waals surface area contributed by atoms with Gasteiger partial charge < -0.3 is 4.74 Å². The van der Waals surface area contributed by atoms with Gasteiger partial charge in [0.2, 0.25) is 10.0 Å². The van der Waals surface area contributed by atoms with Gasteiger partial charge in [-0.3, -0.25) is 0 Å². The lowest BCUT2D eigenvalue weighted by Crippen LogP contribution is -2.32. The summed E-state index contributed by atoms with van der Waals surface area (Å²) in [7, 11) is -3.48. The predicted molar refractivity (Wildman–Crippen MR) is 79.6 cm³/mol. The predicted octanol–water partition coefficient (Wildman–Crippen LogP) is 2.38. The first-order valence-electron chi connectivity index (χ1n) is 7.01. The van der Waals surface area contributed by atoms with Crippen molar-refractivity contribution in [3.63, 3.8) is 0 Å².